The smallest absolute Gasteiger partial charge is 0.322 e. The number of nitrogens with one attached hydrogen (secondary N) is 2. The van der Waals surface area contributed by atoms with Gasteiger partial charge in [0, 0.05) is 11.3 Å². The number of hydrogen-bond donors (Lipinski definition) is 3. The normalized spacial score (nSPS) is 12.6. The number of rotatable bonds is 7. The Bertz CT molecular complexity index is 878. The van der Waals surface area contributed by atoms with Crippen molar-refractivity contribution in [1.82, 2.24) is 4.72 Å². The number of amides is 1. The second-order valence-corrected chi connectivity index (χ2v) is 7.74. The Morgan fingerprint density at radius 1 is 0.962 bits per heavy atom. The van der Waals surface area contributed by atoms with Gasteiger partial charge in [-0.25, -0.2) is 8.42 Å². The minimum atomic E-state index is -3.99. The Morgan fingerprint density at radius 3 is 2.04 bits per heavy atom. The minimum absolute atomic E-state index is 0.0814. The third-order valence-electron chi connectivity index (χ3n) is 3.67. The number of carbonyl (C=O) groups excluding carboxylic acids is 1. The molecule has 2 rings (SSSR count). The molecule has 2 aromatic rings. The van der Waals surface area contributed by atoms with Gasteiger partial charge in [-0.2, -0.15) is 4.72 Å². The molecule has 0 aliphatic rings. The molecule has 1 amide bonds. The Hall–Kier alpha value is -2.71. The SMILES string of the molecule is CC(C)[C@@H](NS(=O)(=O)c1ccc(NC(=O)c2ccccc2)cc1)C(=O)O. The quantitative estimate of drug-likeness (QED) is 0.686. The van der Waals surface area contributed by atoms with E-state index in [9.17, 15) is 18.0 Å². The van der Waals surface area contributed by atoms with Crippen LogP contribution in [0.5, 0.6) is 0 Å². The molecule has 0 bridgehead atoms. The number of benzene rings is 2. The first-order chi connectivity index (χ1) is 12.2. The first-order valence-electron chi connectivity index (χ1n) is 7.92. The molecule has 3 N–H and O–H groups in total. The van der Waals surface area contributed by atoms with E-state index in [0.717, 1.165) is 0 Å². The van der Waals surface area contributed by atoms with Gasteiger partial charge >= 0.3 is 5.97 Å². The van der Waals surface area contributed by atoms with Crippen LogP contribution in [0.3, 0.4) is 0 Å². The molecule has 8 heteroatoms. The first kappa shape index (κ1) is 19.6. The molecule has 0 aromatic heterocycles. The highest BCUT2D eigenvalue weighted by molar-refractivity contribution is 7.89. The van der Waals surface area contributed by atoms with E-state index in [1.807, 2.05) is 0 Å². The Labute approximate surface area is 152 Å². The lowest BCUT2D eigenvalue weighted by Crippen LogP contribution is -2.44. The largest absolute Gasteiger partial charge is 0.480 e. The van der Waals surface area contributed by atoms with E-state index in [1.165, 1.54) is 24.3 Å². The Balaban J connectivity index is 2.13. The van der Waals surface area contributed by atoms with E-state index < -0.39 is 28.0 Å². The van der Waals surface area contributed by atoms with E-state index in [1.54, 1.807) is 44.2 Å². The second-order valence-electron chi connectivity index (χ2n) is 6.03. The molecule has 0 spiro atoms. The maximum absolute atomic E-state index is 12.3. The third kappa shape index (κ3) is 4.90. The predicted molar refractivity (Wildman–Crippen MR) is 97.4 cm³/mol. The summed E-state index contributed by atoms with van der Waals surface area (Å²) in [6, 6.07) is 12.9. The van der Waals surface area contributed by atoms with Gasteiger partial charge in [-0.05, 0) is 42.3 Å². The highest BCUT2D eigenvalue weighted by Crippen LogP contribution is 2.16. The van der Waals surface area contributed by atoms with Gasteiger partial charge in [0.25, 0.3) is 5.91 Å². The molecule has 138 valence electrons. The molecular weight excluding hydrogens is 356 g/mol. The molecule has 0 heterocycles. The van der Waals surface area contributed by atoms with Gasteiger partial charge in [0.2, 0.25) is 10.0 Å². The lowest BCUT2D eigenvalue weighted by atomic mass is 10.1. The number of carboxylic acid groups (broad SMARTS) is 1. The Kier molecular flexibility index (Phi) is 6.12. The maximum atomic E-state index is 12.3. The lowest BCUT2D eigenvalue weighted by Gasteiger charge is -2.18. The van der Waals surface area contributed by atoms with E-state index >= 15 is 0 Å². The van der Waals surface area contributed by atoms with Crippen molar-refractivity contribution in [3.63, 3.8) is 0 Å². The molecule has 0 aliphatic carbocycles. The van der Waals surface area contributed by atoms with Crippen LogP contribution in [0.4, 0.5) is 5.69 Å². The molecule has 0 fully saturated rings. The fourth-order valence-electron chi connectivity index (χ4n) is 2.22. The van der Waals surface area contributed by atoms with Crippen molar-refractivity contribution < 1.29 is 23.1 Å². The summed E-state index contributed by atoms with van der Waals surface area (Å²) in [5, 5.41) is 11.8. The molecule has 26 heavy (non-hydrogen) atoms. The number of sulfonamides is 1. The molecular formula is C18H20N2O5S. The number of anilines is 1. The van der Waals surface area contributed by atoms with Crippen LogP contribution in [-0.4, -0.2) is 31.4 Å². The van der Waals surface area contributed by atoms with Gasteiger partial charge in [0.05, 0.1) is 4.90 Å². The van der Waals surface area contributed by atoms with Crippen LogP contribution in [0.25, 0.3) is 0 Å². The fourth-order valence-corrected chi connectivity index (χ4v) is 3.55. The molecule has 0 saturated carbocycles. The first-order valence-corrected chi connectivity index (χ1v) is 9.40. The molecule has 7 nitrogen and oxygen atoms in total. The van der Waals surface area contributed by atoms with E-state index in [2.05, 4.69) is 10.0 Å². The van der Waals surface area contributed by atoms with Crippen molar-refractivity contribution in [3.05, 3.63) is 60.2 Å². The van der Waals surface area contributed by atoms with Crippen LogP contribution >= 0.6 is 0 Å². The summed E-state index contributed by atoms with van der Waals surface area (Å²) in [5.41, 5.74) is 0.906. The van der Waals surface area contributed by atoms with E-state index in [-0.39, 0.29) is 10.8 Å². The third-order valence-corrected chi connectivity index (χ3v) is 5.13. The van der Waals surface area contributed by atoms with Crippen LogP contribution in [-0.2, 0) is 14.8 Å². The molecule has 0 saturated heterocycles. The monoisotopic (exact) mass is 376 g/mol. The standard InChI is InChI=1S/C18H20N2O5S/c1-12(2)16(18(22)23)20-26(24,25)15-10-8-14(9-11-15)19-17(21)13-6-4-3-5-7-13/h3-12,16,20H,1-2H3,(H,19,21)(H,22,23)/t16-/m1/s1. The summed E-state index contributed by atoms with van der Waals surface area (Å²) in [6.45, 7) is 3.23. The molecule has 2 aromatic carbocycles. The van der Waals surface area contributed by atoms with E-state index in [0.29, 0.717) is 11.3 Å². The van der Waals surface area contributed by atoms with Crippen molar-refractivity contribution in [3.8, 4) is 0 Å². The van der Waals surface area contributed by atoms with Gasteiger partial charge in [0.15, 0.2) is 0 Å². The molecule has 0 unspecified atom stereocenters. The maximum Gasteiger partial charge on any atom is 0.322 e. The lowest BCUT2D eigenvalue weighted by molar-refractivity contribution is -0.140. The average Bonchev–Trinajstić information content (AvgIpc) is 2.60. The fraction of sp³-hybridized carbons (Fsp3) is 0.222. The summed E-state index contributed by atoms with van der Waals surface area (Å²) in [6.07, 6.45) is 0. The zero-order valence-electron chi connectivity index (χ0n) is 14.3. The zero-order chi connectivity index (χ0) is 19.3. The minimum Gasteiger partial charge on any atom is -0.480 e. The van der Waals surface area contributed by atoms with Crippen LogP contribution in [0.1, 0.15) is 24.2 Å². The molecule has 1 atom stereocenters. The molecule has 0 radical (unpaired) electrons. The summed E-state index contributed by atoms with van der Waals surface area (Å²) in [4.78, 5) is 23.2. The van der Waals surface area contributed by atoms with Crippen molar-refractivity contribution in [1.29, 1.82) is 0 Å². The van der Waals surface area contributed by atoms with Crippen molar-refractivity contribution in [2.75, 3.05) is 5.32 Å². The number of hydrogen-bond acceptors (Lipinski definition) is 4. The number of carboxylic acids is 1. The summed E-state index contributed by atoms with van der Waals surface area (Å²) >= 11 is 0. The second kappa shape index (κ2) is 8.11. The van der Waals surface area contributed by atoms with Gasteiger partial charge in [-0.1, -0.05) is 32.0 Å². The highest BCUT2D eigenvalue weighted by Gasteiger charge is 2.27. The summed E-state index contributed by atoms with van der Waals surface area (Å²) < 4.78 is 26.9. The summed E-state index contributed by atoms with van der Waals surface area (Å²) in [7, 11) is -3.99. The summed E-state index contributed by atoms with van der Waals surface area (Å²) in [5.74, 6) is -1.97. The van der Waals surface area contributed by atoms with Crippen molar-refractivity contribution in [2.45, 2.75) is 24.8 Å². The Morgan fingerprint density at radius 2 is 1.54 bits per heavy atom. The average molecular weight is 376 g/mol. The van der Waals surface area contributed by atoms with E-state index in [4.69, 9.17) is 5.11 Å². The van der Waals surface area contributed by atoms with Crippen molar-refractivity contribution in [2.24, 2.45) is 5.92 Å². The van der Waals surface area contributed by atoms with Crippen LogP contribution in [0.2, 0.25) is 0 Å². The number of carbonyl (C=O) groups is 2. The van der Waals surface area contributed by atoms with Crippen molar-refractivity contribution >= 4 is 27.6 Å². The van der Waals surface area contributed by atoms with Crippen LogP contribution < -0.4 is 10.0 Å². The van der Waals surface area contributed by atoms with Gasteiger partial charge in [0.1, 0.15) is 6.04 Å². The van der Waals surface area contributed by atoms with Gasteiger partial charge in [-0.15, -0.1) is 0 Å². The number of aliphatic carboxylic acids is 1. The van der Waals surface area contributed by atoms with Gasteiger partial charge < -0.3 is 10.4 Å². The predicted octanol–water partition coefficient (Wildman–Crippen LogP) is 2.33. The van der Waals surface area contributed by atoms with Gasteiger partial charge in [-0.3, -0.25) is 9.59 Å². The van der Waals surface area contributed by atoms with Crippen LogP contribution in [0, 0.1) is 5.92 Å². The zero-order valence-corrected chi connectivity index (χ0v) is 15.2. The topological polar surface area (TPSA) is 113 Å². The molecule has 0 aliphatic heterocycles. The highest BCUT2D eigenvalue weighted by atomic mass is 32.2. The van der Waals surface area contributed by atoms with Crippen LogP contribution in [0.15, 0.2) is 59.5 Å².